The summed E-state index contributed by atoms with van der Waals surface area (Å²) >= 11 is 0. The fraction of sp³-hybridized carbons (Fsp3) is 0.375. The summed E-state index contributed by atoms with van der Waals surface area (Å²) < 4.78 is 0. The first-order valence-corrected chi connectivity index (χ1v) is 7.30. The molecule has 1 aromatic carbocycles. The van der Waals surface area contributed by atoms with Gasteiger partial charge < -0.3 is 15.1 Å². The average Bonchev–Trinajstić information content (AvgIpc) is 3.05. The predicted molar refractivity (Wildman–Crippen MR) is 80.5 cm³/mol. The lowest BCUT2D eigenvalue weighted by molar-refractivity contribution is 0.0764. The number of likely N-dealkylation sites (tertiary alicyclic amines) is 1. The van der Waals surface area contributed by atoms with Crippen molar-refractivity contribution in [2.24, 2.45) is 5.92 Å². The Bertz CT molecular complexity index is 683. The molecule has 22 heavy (non-hydrogen) atoms. The van der Waals surface area contributed by atoms with Crippen molar-refractivity contribution in [3.63, 3.8) is 0 Å². The largest absolute Gasteiger partial charge is 0.508 e. The third-order valence-electron chi connectivity index (χ3n) is 4.02. The molecule has 1 amide bonds. The molecule has 3 N–H and O–H groups in total. The third-order valence-corrected chi connectivity index (χ3v) is 4.02. The van der Waals surface area contributed by atoms with Crippen molar-refractivity contribution >= 4 is 5.91 Å². The minimum absolute atomic E-state index is 0.0241. The zero-order valence-corrected chi connectivity index (χ0v) is 12.4. The van der Waals surface area contributed by atoms with Crippen molar-refractivity contribution in [3.8, 4) is 5.75 Å². The molecule has 1 aliphatic heterocycles. The molecule has 0 aliphatic carbocycles. The van der Waals surface area contributed by atoms with Gasteiger partial charge in [0.05, 0.1) is 11.8 Å². The number of aromatic hydroxyl groups is 1. The summed E-state index contributed by atoms with van der Waals surface area (Å²) in [5.74, 6) is -0.131. The first kappa shape index (κ1) is 14.6. The second-order valence-corrected chi connectivity index (χ2v) is 5.83. The van der Waals surface area contributed by atoms with Crippen LogP contribution in [0.3, 0.4) is 0 Å². The van der Waals surface area contributed by atoms with E-state index in [4.69, 9.17) is 0 Å². The van der Waals surface area contributed by atoms with E-state index in [0.29, 0.717) is 25.1 Å². The molecule has 116 valence electrons. The number of β-amino-alcohol motifs (C(OH)–C–C–N with tert-alkyl or cyclic N) is 1. The monoisotopic (exact) mass is 301 g/mol. The van der Waals surface area contributed by atoms with Gasteiger partial charge in [0.1, 0.15) is 5.75 Å². The number of aromatic amines is 1. The average molecular weight is 301 g/mol. The molecule has 2 atom stereocenters. The van der Waals surface area contributed by atoms with Crippen LogP contribution in [0, 0.1) is 12.8 Å². The Balaban J connectivity index is 1.68. The number of hydrogen-bond donors (Lipinski definition) is 3. The van der Waals surface area contributed by atoms with E-state index in [0.717, 1.165) is 11.4 Å². The molecule has 0 radical (unpaired) electrons. The van der Waals surface area contributed by atoms with Gasteiger partial charge in [-0.1, -0.05) is 6.07 Å². The fourth-order valence-corrected chi connectivity index (χ4v) is 2.89. The molecule has 2 aromatic rings. The molecular weight excluding hydrogens is 282 g/mol. The van der Waals surface area contributed by atoms with Crippen molar-refractivity contribution < 1.29 is 15.0 Å². The Kier molecular flexibility index (Phi) is 3.85. The van der Waals surface area contributed by atoms with Crippen LogP contribution in [0.15, 0.2) is 30.3 Å². The molecule has 1 fully saturated rings. The summed E-state index contributed by atoms with van der Waals surface area (Å²) in [6.45, 7) is 2.73. The number of rotatable bonds is 3. The van der Waals surface area contributed by atoms with Gasteiger partial charge in [-0.25, -0.2) is 0 Å². The second-order valence-electron chi connectivity index (χ2n) is 5.83. The van der Waals surface area contributed by atoms with Crippen LogP contribution in [-0.4, -0.2) is 50.4 Å². The molecule has 2 heterocycles. The van der Waals surface area contributed by atoms with Crippen molar-refractivity contribution in [3.05, 3.63) is 47.3 Å². The molecule has 0 saturated carbocycles. The van der Waals surface area contributed by atoms with Crippen LogP contribution in [0.1, 0.15) is 21.7 Å². The van der Waals surface area contributed by atoms with E-state index in [9.17, 15) is 15.0 Å². The number of amides is 1. The maximum absolute atomic E-state index is 12.4. The van der Waals surface area contributed by atoms with Gasteiger partial charge in [-0.15, -0.1) is 0 Å². The smallest absolute Gasteiger partial charge is 0.254 e. The standard InChI is InChI=1S/C16H19N3O3/c1-10-5-13(18-17-10)6-12-8-19(9-15(12)21)16(22)11-3-2-4-14(20)7-11/h2-5,7,12,15,20-21H,6,8-9H2,1H3,(H,17,18). The van der Waals surface area contributed by atoms with Crippen molar-refractivity contribution in [1.82, 2.24) is 15.1 Å². The van der Waals surface area contributed by atoms with E-state index in [1.165, 1.54) is 12.1 Å². The van der Waals surface area contributed by atoms with Crippen LogP contribution in [0.2, 0.25) is 0 Å². The van der Waals surface area contributed by atoms with Crippen LogP contribution in [0.4, 0.5) is 0 Å². The first-order valence-electron chi connectivity index (χ1n) is 7.30. The topological polar surface area (TPSA) is 89.5 Å². The Morgan fingerprint density at radius 2 is 2.23 bits per heavy atom. The summed E-state index contributed by atoms with van der Waals surface area (Å²) in [6.07, 6.45) is 0.0771. The normalized spacial score (nSPS) is 21.3. The number of nitrogens with one attached hydrogen (secondary N) is 1. The molecule has 6 nitrogen and oxygen atoms in total. The minimum atomic E-state index is -0.557. The van der Waals surface area contributed by atoms with Gasteiger partial charge in [-0.05, 0) is 37.6 Å². The molecular formula is C16H19N3O3. The fourth-order valence-electron chi connectivity index (χ4n) is 2.89. The molecule has 1 aromatic heterocycles. The van der Waals surface area contributed by atoms with Gasteiger partial charge in [0.2, 0.25) is 0 Å². The van der Waals surface area contributed by atoms with Gasteiger partial charge in [-0.2, -0.15) is 5.10 Å². The SMILES string of the molecule is Cc1cc(CC2CN(C(=O)c3cccc(O)c3)CC2O)n[nH]1. The van der Waals surface area contributed by atoms with Gasteiger partial charge in [0.25, 0.3) is 5.91 Å². The predicted octanol–water partition coefficient (Wildman–Crippen LogP) is 1.10. The molecule has 1 saturated heterocycles. The number of hydrogen-bond acceptors (Lipinski definition) is 4. The van der Waals surface area contributed by atoms with Crippen LogP contribution < -0.4 is 0 Å². The van der Waals surface area contributed by atoms with Crippen molar-refractivity contribution in [1.29, 1.82) is 0 Å². The molecule has 0 bridgehead atoms. The molecule has 3 rings (SSSR count). The molecule has 2 unspecified atom stereocenters. The Morgan fingerprint density at radius 1 is 1.41 bits per heavy atom. The Morgan fingerprint density at radius 3 is 2.91 bits per heavy atom. The quantitative estimate of drug-likeness (QED) is 0.792. The lowest BCUT2D eigenvalue weighted by Crippen LogP contribution is -2.29. The maximum atomic E-state index is 12.4. The highest BCUT2D eigenvalue weighted by atomic mass is 16.3. The van der Waals surface area contributed by atoms with E-state index >= 15 is 0 Å². The highest BCUT2D eigenvalue weighted by Crippen LogP contribution is 2.23. The second kappa shape index (κ2) is 5.81. The van der Waals surface area contributed by atoms with Crippen molar-refractivity contribution in [2.45, 2.75) is 19.4 Å². The summed E-state index contributed by atoms with van der Waals surface area (Å²) in [6, 6.07) is 8.22. The Hall–Kier alpha value is -2.34. The maximum Gasteiger partial charge on any atom is 0.254 e. The highest BCUT2D eigenvalue weighted by Gasteiger charge is 2.34. The number of phenols is 1. The molecule has 0 spiro atoms. The van der Waals surface area contributed by atoms with E-state index in [1.54, 1.807) is 17.0 Å². The number of phenolic OH excluding ortho intramolecular Hbond substituents is 1. The first-order chi connectivity index (χ1) is 10.5. The number of aryl methyl sites for hydroxylation is 1. The highest BCUT2D eigenvalue weighted by molar-refractivity contribution is 5.94. The van der Waals surface area contributed by atoms with Gasteiger partial charge in [0, 0.05) is 30.3 Å². The molecule has 6 heteroatoms. The summed E-state index contributed by atoms with van der Waals surface area (Å²) in [7, 11) is 0. The summed E-state index contributed by atoms with van der Waals surface area (Å²) in [5, 5.41) is 26.7. The third kappa shape index (κ3) is 2.96. The van der Waals surface area contributed by atoms with E-state index in [2.05, 4.69) is 10.2 Å². The zero-order chi connectivity index (χ0) is 15.7. The van der Waals surface area contributed by atoms with Crippen LogP contribution >= 0.6 is 0 Å². The number of carbonyl (C=O) groups is 1. The Labute approximate surface area is 128 Å². The van der Waals surface area contributed by atoms with E-state index in [-0.39, 0.29) is 17.6 Å². The number of nitrogens with zero attached hydrogens (tertiary/aromatic N) is 2. The van der Waals surface area contributed by atoms with Gasteiger partial charge in [0.15, 0.2) is 0 Å². The molecule has 1 aliphatic rings. The van der Waals surface area contributed by atoms with E-state index < -0.39 is 6.10 Å². The van der Waals surface area contributed by atoms with Crippen LogP contribution in [-0.2, 0) is 6.42 Å². The van der Waals surface area contributed by atoms with Crippen molar-refractivity contribution in [2.75, 3.05) is 13.1 Å². The zero-order valence-electron chi connectivity index (χ0n) is 12.4. The number of aromatic nitrogens is 2. The van der Waals surface area contributed by atoms with Crippen LogP contribution in [0.5, 0.6) is 5.75 Å². The lowest BCUT2D eigenvalue weighted by Gasteiger charge is -2.16. The minimum Gasteiger partial charge on any atom is -0.508 e. The number of aliphatic hydroxyl groups is 1. The number of aliphatic hydroxyl groups excluding tert-OH is 1. The number of H-pyrrole nitrogens is 1. The van der Waals surface area contributed by atoms with Gasteiger partial charge >= 0.3 is 0 Å². The van der Waals surface area contributed by atoms with Gasteiger partial charge in [-0.3, -0.25) is 9.89 Å². The lowest BCUT2D eigenvalue weighted by atomic mass is 10.0. The summed E-state index contributed by atoms with van der Waals surface area (Å²) in [5.41, 5.74) is 2.31. The van der Waals surface area contributed by atoms with Crippen LogP contribution in [0.25, 0.3) is 0 Å². The summed E-state index contributed by atoms with van der Waals surface area (Å²) in [4.78, 5) is 14.1. The number of carbonyl (C=O) groups excluding carboxylic acids is 1. The number of benzene rings is 1. The van der Waals surface area contributed by atoms with E-state index in [1.807, 2.05) is 13.0 Å².